The molecule has 58 valence electrons. The van der Waals surface area contributed by atoms with Crippen LogP contribution in [-0.4, -0.2) is 12.1 Å². The maximum Gasteiger partial charge on any atom is 0.232 e. The molecule has 0 N–H and O–H groups in total. The Morgan fingerprint density at radius 3 is 2.67 bits per heavy atom. The lowest BCUT2D eigenvalue weighted by molar-refractivity contribution is 0.396. The molecule has 1 aromatic heterocycles. The van der Waals surface area contributed by atoms with Gasteiger partial charge in [0, 0.05) is 6.20 Å². The molecule has 0 fully saturated rings. The van der Waals surface area contributed by atoms with Crippen LogP contribution < -0.4 is 4.74 Å². The number of methoxy groups -OCH3 is 1. The van der Waals surface area contributed by atoms with Gasteiger partial charge in [0.2, 0.25) is 5.88 Å². The molecular weight excluding hydrogens is 154 g/mol. The van der Waals surface area contributed by atoms with Gasteiger partial charge in [0.05, 0.1) is 12.7 Å². The van der Waals surface area contributed by atoms with E-state index in [1.807, 2.05) is 12.1 Å². The Kier molecular flexibility index (Phi) is 2.25. The van der Waals surface area contributed by atoms with Crippen LogP contribution in [-0.2, 0) is 0 Å². The van der Waals surface area contributed by atoms with Crippen LogP contribution >= 0.6 is 0 Å². The molecule has 0 aliphatic heterocycles. The van der Waals surface area contributed by atoms with Crippen molar-refractivity contribution < 1.29 is 4.74 Å². The zero-order valence-electron chi connectivity index (χ0n) is 6.40. The van der Waals surface area contributed by atoms with E-state index in [2.05, 4.69) is 4.98 Å². The number of pyridine rings is 1. The summed E-state index contributed by atoms with van der Waals surface area (Å²) in [5, 5.41) is 17.2. The summed E-state index contributed by atoms with van der Waals surface area (Å²) in [6, 6.07) is 5.21. The Morgan fingerprint density at radius 1 is 1.42 bits per heavy atom. The lowest BCUT2D eigenvalue weighted by atomic mass is 10.2. The SMILES string of the molecule is COc1nccc(C#N)c1C#N. The highest BCUT2D eigenvalue weighted by atomic mass is 16.5. The zero-order valence-corrected chi connectivity index (χ0v) is 6.40. The fourth-order valence-electron chi connectivity index (χ4n) is 0.799. The molecule has 0 unspecified atom stereocenters. The molecule has 0 saturated heterocycles. The second kappa shape index (κ2) is 3.36. The first kappa shape index (κ1) is 8.03. The number of hydrogen-bond donors (Lipinski definition) is 0. The Hall–Kier alpha value is -2.07. The standard InChI is InChI=1S/C8H5N3O/c1-12-8-7(5-10)6(4-9)2-3-11-8/h2-3H,1H3. The number of ether oxygens (including phenoxy) is 1. The molecule has 0 spiro atoms. The molecule has 1 heterocycles. The van der Waals surface area contributed by atoms with Gasteiger partial charge in [0.25, 0.3) is 0 Å². The molecule has 1 aromatic rings. The number of hydrogen-bond acceptors (Lipinski definition) is 4. The predicted octanol–water partition coefficient (Wildman–Crippen LogP) is 0.834. The fourth-order valence-corrected chi connectivity index (χ4v) is 0.799. The Bertz CT molecular complexity index is 373. The van der Waals surface area contributed by atoms with E-state index in [-0.39, 0.29) is 17.0 Å². The van der Waals surface area contributed by atoms with Gasteiger partial charge in [-0.05, 0) is 6.07 Å². The molecule has 4 heteroatoms. The highest BCUT2D eigenvalue weighted by molar-refractivity contribution is 5.50. The predicted molar refractivity (Wildman–Crippen MR) is 40.2 cm³/mol. The molecule has 0 saturated carbocycles. The molecule has 1 rings (SSSR count). The van der Waals surface area contributed by atoms with E-state index in [9.17, 15) is 0 Å². The van der Waals surface area contributed by atoms with Crippen LogP contribution in [0.25, 0.3) is 0 Å². The van der Waals surface area contributed by atoms with Crippen LogP contribution in [0.5, 0.6) is 5.88 Å². The first-order valence-corrected chi connectivity index (χ1v) is 3.16. The van der Waals surface area contributed by atoms with Gasteiger partial charge < -0.3 is 4.74 Å². The number of nitriles is 2. The lowest BCUT2D eigenvalue weighted by Gasteiger charge is -2.00. The minimum Gasteiger partial charge on any atom is -0.480 e. The molecule has 0 bridgehead atoms. The molecule has 0 aliphatic carbocycles. The van der Waals surface area contributed by atoms with Gasteiger partial charge in [-0.25, -0.2) is 4.98 Å². The highest BCUT2D eigenvalue weighted by Gasteiger charge is 2.08. The van der Waals surface area contributed by atoms with E-state index in [1.165, 1.54) is 19.4 Å². The topological polar surface area (TPSA) is 69.7 Å². The van der Waals surface area contributed by atoms with Gasteiger partial charge in [0.15, 0.2) is 0 Å². The summed E-state index contributed by atoms with van der Waals surface area (Å²) in [6.45, 7) is 0. The van der Waals surface area contributed by atoms with Crippen molar-refractivity contribution in [1.82, 2.24) is 4.98 Å². The smallest absolute Gasteiger partial charge is 0.232 e. The first-order valence-electron chi connectivity index (χ1n) is 3.16. The van der Waals surface area contributed by atoms with Crippen LogP contribution in [0.2, 0.25) is 0 Å². The summed E-state index contributed by atoms with van der Waals surface area (Å²) >= 11 is 0. The molecule has 0 aromatic carbocycles. The average molecular weight is 159 g/mol. The van der Waals surface area contributed by atoms with Crippen LogP contribution in [0, 0.1) is 22.7 Å². The van der Waals surface area contributed by atoms with E-state index in [1.54, 1.807) is 0 Å². The van der Waals surface area contributed by atoms with Crippen LogP contribution in [0.4, 0.5) is 0 Å². The number of aromatic nitrogens is 1. The molecule has 12 heavy (non-hydrogen) atoms. The summed E-state index contributed by atoms with van der Waals surface area (Å²) in [5.41, 5.74) is 0.465. The maximum absolute atomic E-state index is 8.64. The summed E-state index contributed by atoms with van der Waals surface area (Å²) in [6.07, 6.45) is 1.43. The van der Waals surface area contributed by atoms with E-state index < -0.39 is 0 Å². The Morgan fingerprint density at radius 2 is 2.17 bits per heavy atom. The van der Waals surface area contributed by atoms with Gasteiger partial charge in [-0.1, -0.05) is 0 Å². The van der Waals surface area contributed by atoms with Crippen LogP contribution in [0.15, 0.2) is 12.3 Å². The second-order valence-electron chi connectivity index (χ2n) is 1.97. The van der Waals surface area contributed by atoms with Crippen molar-refractivity contribution in [3.05, 3.63) is 23.4 Å². The largest absolute Gasteiger partial charge is 0.480 e. The van der Waals surface area contributed by atoms with Crippen molar-refractivity contribution in [3.8, 4) is 18.0 Å². The van der Waals surface area contributed by atoms with Crippen molar-refractivity contribution in [2.24, 2.45) is 0 Å². The minimum atomic E-state index is 0.183. The van der Waals surface area contributed by atoms with Crippen molar-refractivity contribution in [2.45, 2.75) is 0 Å². The quantitative estimate of drug-likeness (QED) is 0.608. The molecular formula is C8H5N3O. The van der Waals surface area contributed by atoms with E-state index in [4.69, 9.17) is 15.3 Å². The van der Waals surface area contributed by atoms with Gasteiger partial charge in [-0.3, -0.25) is 0 Å². The Balaban J connectivity index is 3.37. The monoisotopic (exact) mass is 159 g/mol. The van der Waals surface area contributed by atoms with Crippen molar-refractivity contribution in [1.29, 1.82) is 10.5 Å². The van der Waals surface area contributed by atoms with Gasteiger partial charge in [-0.15, -0.1) is 0 Å². The zero-order chi connectivity index (χ0) is 8.97. The molecule has 0 aliphatic rings. The van der Waals surface area contributed by atoms with Gasteiger partial charge in [0.1, 0.15) is 17.7 Å². The van der Waals surface area contributed by atoms with Crippen LogP contribution in [0.3, 0.4) is 0 Å². The summed E-state index contributed by atoms with van der Waals surface area (Å²) in [4.78, 5) is 3.78. The van der Waals surface area contributed by atoms with E-state index in [0.29, 0.717) is 0 Å². The van der Waals surface area contributed by atoms with E-state index >= 15 is 0 Å². The number of rotatable bonds is 1. The van der Waals surface area contributed by atoms with Crippen LogP contribution in [0.1, 0.15) is 11.1 Å². The van der Waals surface area contributed by atoms with Gasteiger partial charge in [-0.2, -0.15) is 10.5 Å². The highest BCUT2D eigenvalue weighted by Crippen LogP contribution is 2.16. The maximum atomic E-state index is 8.64. The molecule has 0 amide bonds. The third kappa shape index (κ3) is 1.18. The van der Waals surface area contributed by atoms with Gasteiger partial charge >= 0.3 is 0 Å². The Labute approximate surface area is 69.6 Å². The summed E-state index contributed by atoms with van der Waals surface area (Å²) in [7, 11) is 1.41. The fraction of sp³-hybridized carbons (Fsp3) is 0.125. The first-order chi connectivity index (χ1) is 5.83. The molecule has 4 nitrogen and oxygen atoms in total. The average Bonchev–Trinajstić information content (AvgIpc) is 2.16. The molecule has 0 atom stereocenters. The van der Waals surface area contributed by atoms with Crippen molar-refractivity contribution >= 4 is 0 Å². The van der Waals surface area contributed by atoms with Crippen molar-refractivity contribution in [2.75, 3.05) is 7.11 Å². The third-order valence-electron chi connectivity index (χ3n) is 1.34. The minimum absolute atomic E-state index is 0.183. The number of nitrogens with zero attached hydrogens (tertiary/aromatic N) is 3. The van der Waals surface area contributed by atoms with Crippen molar-refractivity contribution in [3.63, 3.8) is 0 Å². The lowest BCUT2D eigenvalue weighted by Crippen LogP contribution is -1.93. The van der Waals surface area contributed by atoms with E-state index in [0.717, 1.165) is 0 Å². The third-order valence-corrected chi connectivity index (χ3v) is 1.34. The second-order valence-corrected chi connectivity index (χ2v) is 1.97. The summed E-state index contributed by atoms with van der Waals surface area (Å²) < 4.78 is 4.79. The molecule has 0 radical (unpaired) electrons. The summed E-state index contributed by atoms with van der Waals surface area (Å²) in [5.74, 6) is 0.191. The normalized spacial score (nSPS) is 8.25.